The minimum absolute atomic E-state index is 0.734. The van der Waals surface area contributed by atoms with Crippen LogP contribution in [0.5, 0.6) is 0 Å². The molecule has 0 N–H and O–H groups in total. The monoisotopic (exact) mass is 248 g/mol. The van der Waals surface area contributed by atoms with E-state index in [-0.39, 0.29) is 0 Å². The third-order valence-electron chi connectivity index (χ3n) is 2.52. The average molecular weight is 249 g/mol. The summed E-state index contributed by atoms with van der Waals surface area (Å²) in [6.07, 6.45) is 0. The molecule has 1 aromatic carbocycles. The molecule has 1 aromatic heterocycles. The third-order valence-corrected chi connectivity index (χ3v) is 3.01. The summed E-state index contributed by atoms with van der Waals surface area (Å²) in [6, 6.07) is 8.28. The minimum Gasteiger partial charge on any atom is -0.335 e. The van der Waals surface area contributed by atoms with E-state index in [1.807, 2.05) is 36.7 Å². The van der Waals surface area contributed by atoms with Crippen molar-refractivity contribution < 1.29 is 0 Å². The van der Waals surface area contributed by atoms with Crippen molar-refractivity contribution in [2.75, 3.05) is 0 Å². The van der Waals surface area contributed by atoms with E-state index in [9.17, 15) is 0 Å². The largest absolute Gasteiger partial charge is 0.335 e. The van der Waals surface area contributed by atoms with Crippen LogP contribution in [0.25, 0.3) is 10.9 Å². The van der Waals surface area contributed by atoms with Gasteiger partial charge >= 0.3 is 0 Å². The molecule has 0 bridgehead atoms. The SMILES string of the molecule is Cc1c(C#N)n(C)c2ccc(Br)cc12. The van der Waals surface area contributed by atoms with Crippen molar-refractivity contribution in [1.82, 2.24) is 4.57 Å². The van der Waals surface area contributed by atoms with Gasteiger partial charge in [-0.1, -0.05) is 15.9 Å². The molecule has 0 fully saturated rings. The van der Waals surface area contributed by atoms with E-state index in [1.165, 1.54) is 0 Å². The number of fused-ring (bicyclic) bond motifs is 1. The first-order valence-corrected chi connectivity index (χ1v) is 5.09. The van der Waals surface area contributed by atoms with Gasteiger partial charge in [-0.15, -0.1) is 0 Å². The van der Waals surface area contributed by atoms with E-state index in [2.05, 4.69) is 22.0 Å². The second kappa shape index (κ2) is 3.14. The van der Waals surface area contributed by atoms with E-state index >= 15 is 0 Å². The van der Waals surface area contributed by atoms with Crippen LogP contribution >= 0.6 is 15.9 Å². The molecule has 0 aliphatic rings. The molecule has 0 aliphatic carbocycles. The number of aromatic nitrogens is 1. The first-order chi connectivity index (χ1) is 6.65. The standard InChI is InChI=1S/C11H9BrN2/c1-7-9-5-8(12)3-4-10(9)14(2)11(7)6-13/h3-5H,1-2H3. The molecular weight excluding hydrogens is 240 g/mol. The number of hydrogen-bond donors (Lipinski definition) is 0. The molecule has 0 aliphatic heterocycles. The summed E-state index contributed by atoms with van der Waals surface area (Å²) in [4.78, 5) is 0. The molecule has 0 atom stereocenters. The minimum atomic E-state index is 0.734. The highest BCUT2D eigenvalue weighted by Gasteiger charge is 2.10. The maximum absolute atomic E-state index is 8.99. The second-order valence-corrected chi connectivity index (χ2v) is 4.22. The lowest BCUT2D eigenvalue weighted by molar-refractivity contribution is 0.940. The molecule has 0 unspecified atom stereocenters. The second-order valence-electron chi connectivity index (χ2n) is 3.31. The number of aryl methyl sites for hydroxylation is 2. The fourth-order valence-electron chi connectivity index (χ4n) is 1.76. The Kier molecular flexibility index (Phi) is 2.09. The molecule has 0 saturated heterocycles. The normalized spacial score (nSPS) is 10.4. The van der Waals surface area contributed by atoms with Gasteiger partial charge in [-0.25, -0.2) is 0 Å². The van der Waals surface area contributed by atoms with E-state index in [1.54, 1.807) is 0 Å². The molecule has 2 aromatic rings. The summed E-state index contributed by atoms with van der Waals surface area (Å²) in [6.45, 7) is 1.98. The molecule has 2 rings (SSSR count). The van der Waals surface area contributed by atoms with Crippen LogP contribution in [-0.4, -0.2) is 4.57 Å². The Morgan fingerprint density at radius 3 is 2.79 bits per heavy atom. The van der Waals surface area contributed by atoms with Crippen molar-refractivity contribution in [2.45, 2.75) is 6.92 Å². The van der Waals surface area contributed by atoms with Crippen molar-refractivity contribution in [3.8, 4) is 6.07 Å². The van der Waals surface area contributed by atoms with E-state index in [0.29, 0.717) is 0 Å². The van der Waals surface area contributed by atoms with Gasteiger partial charge in [0.05, 0.1) is 0 Å². The van der Waals surface area contributed by atoms with Gasteiger partial charge in [0.1, 0.15) is 11.8 Å². The number of hydrogen-bond acceptors (Lipinski definition) is 1. The zero-order valence-electron chi connectivity index (χ0n) is 8.00. The zero-order chi connectivity index (χ0) is 10.3. The van der Waals surface area contributed by atoms with Crippen molar-refractivity contribution in [1.29, 1.82) is 5.26 Å². The Hall–Kier alpha value is -1.27. The predicted octanol–water partition coefficient (Wildman–Crippen LogP) is 3.12. The number of halogens is 1. The van der Waals surface area contributed by atoms with Crippen LogP contribution in [0.3, 0.4) is 0 Å². The highest BCUT2D eigenvalue weighted by molar-refractivity contribution is 9.10. The van der Waals surface area contributed by atoms with E-state index in [0.717, 1.165) is 26.6 Å². The average Bonchev–Trinajstić information content (AvgIpc) is 2.39. The summed E-state index contributed by atoms with van der Waals surface area (Å²) in [5.41, 5.74) is 2.88. The van der Waals surface area contributed by atoms with E-state index in [4.69, 9.17) is 5.26 Å². The topological polar surface area (TPSA) is 28.7 Å². The van der Waals surface area contributed by atoms with Crippen molar-refractivity contribution >= 4 is 26.8 Å². The van der Waals surface area contributed by atoms with Crippen LogP contribution in [0.15, 0.2) is 22.7 Å². The Balaban J connectivity index is 2.96. The first kappa shape index (κ1) is 9.29. The highest BCUT2D eigenvalue weighted by Crippen LogP contribution is 2.26. The predicted molar refractivity (Wildman–Crippen MR) is 60.1 cm³/mol. The molecule has 70 valence electrons. The zero-order valence-corrected chi connectivity index (χ0v) is 9.59. The van der Waals surface area contributed by atoms with Gasteiger partial charge in [0.25, 0.3) is 0 Å². The van der Waals surface area contributed by atoms with Crippen LogP contribution in [0, 0.1) is 18.3 Å². The molecule has 14 heavy (non-hydrogen) atoms. The van der Waals surface area contributed by atoms with E-state index < -0.39 is 0 Å². The van der Waals surface area contributed by atoms with Crippen molar-refractivity contribution in [2.24, 2.45) is 7.05 Å². The molecule has 0 spiro atoms. The highest BCUT2D eigenvalue weighted by atomic mass is 79.9. The van der Waals surface area contributed by atoms with Crippen molar-refractivity contribution in [3.05, 3.63) is 33.9 Å². The molecule has 2 nitrogen and oxygen atoms in total. The number of nitrogens with zero attached hydrogens (tertiary/aromatic N) is 2. The molecule has 0 amide bonds. The lowest BCUT2D eigenvalue weighted by Crippen LogP contribution is -1.91. The maximum Gasteiger partial charge on any atom is 0.123 e. The Morgan fingerprint density at radius 1 is 1.43 bits per heavy atom. The van der Waals surface area contributed by atoms with Gasteiger partial charge in [0.2, 0.25) is 0 Å². The molecular formula is C11H9BrN2. The Morgan fingerprint density at radius 2 is 2.14 bits per heavy atom. The summed E-state index contributed by atoms with van der Waals surface area (Å²) in [7, 11) is 1.92. The number of nitriles is 1. The van der Waals surface area contributed by atoms with Gasteiger partial charge in [-0.2, -0.15) is 5.26 Å². The molecule has 3 heteroatoms. The lowest BCUT2D eigenvalue weighted by Gasteiger charge is -1.96. The summed E-state index contributed by atoms with van der Waals surface area (Å²) >= 11 is 3.43. The van der Waals surface area contributed by atoms with Crippen LogP contribution in [-0.2, 0) is 7.05 Å². The first-order valence-electron chi connectivity index (χ1n) is 4.30. The summed E-state index contributed by atoms with van der Waals surface area (Å²) in [5, 5.41) is 10.1. The maximum atomic E-state index is 8.99. The lowest BCUT2D eigenvalue weighted by atomic mass is 10.1. The van der Waals surface area contributed by atoms with Crippen LogP contribution in [0.1, 0.15) is 11.3 Å². The quantitative estimate of drug-likeness (QED) is 0.705. The van der Waals surface area contributed by atoms with Gasteiger partial charge < -0.3 is 4.57 Å². The van der Waals surface area contributed by atoms with Gasteiger partial charge in [0.15, 0.2) is 0 Å². The van der Waals surface area contributed by atoms with Crippen LogP contribution in [0.4, 0.5) is 0 Å². The van der Waals surface area contributed by atoms with Crippen molar-refractivity contribution in [3.63, 3.8) is 0 Å². The fraction of sp³-hybridized carbons (Fsp3) is 0.182. The Bertz CT molecular complexity index is 546. The van der Waals surface area contributed by atoms with Crippen LogP contribution < -0.4 is 0 Å². The molecule has 0 radical (unpaired) electrons. The molecule has 0 saturated carbocycles. The van der Waals surface area contributed by atoms with Crippen LogP contribution in [0.2, 0.25) is 0 Å². The van der Waals surface area contributed by atoms with Gasteiger partial charge in [0, 0.05) is 22.4 Å². The number of rotatable bonds is 0. The van der Waals surface area contributed by atoms with Gasteiger partial charge in [-0.05, 0) is 30.7 Å². The fourth-order valence-corrected chi connectivity index (χ4v) is 2.12. The molecule has 1 heterocycles. The summed E-state index contributed by atoms with van der Waals surface area (Å²) < 4.78 is 2.97. The third kappa shape index (κ3) is 1.15. The Labute approximate surface area is 90.9 Å². The smallest absolute Gasteiger partial charge is 0.123 e. The number of benzene rings is 1. The van der Waals surface area contributed by atoms with Gasteiger partial charge in [-0.3, -0.25) is 0 Å². The summed E-state index contributed by atoms with van der Waals surface area (Å²) in [5.74, 6) is 0.